The number of carbonyl (C=O) groups excluding carboxylic acids is 2. The van der Waals surface area contributed by atoms with Crippen LogP contribution >= 0.6 is 0 Å². The maximum atomic E-state index is 13.9. The Balaban J connectivity index is 2.05. The zero-order chi connectivity index (χ0) is 27.9. The molecule has 1 N–H and O–H groups in total. The van der Waals surface area contributed by atoms with Gasteiger partial charge in [-0.3, -0.25) is 9.59 Å². The molecule has 1 atom stereocenters. The summed E-state index contributed by atoms with van der Waals surface area (Å²) in [4.78, 5) is 28.5. The van der Waals surface area contributed by atoms with Crippen LogP contribution in [0.4, 0.5) is 10.1 Å². The summed E-state index contributed by atoms with van der Waals surface area (Å²) >= 11 is 0. The molecule has 0 aliphatic rings. The van der Waals surface area contributed by atoms with E-state index in [2.05, 4.69) is 5.32 Å². The molecule has 0 spiro atoms. The van der Waals surface area contributed by atoms with Crippen molar-refractivity contribution in [1.29, 1.82) is 0 Å². The van der Waals surface area contributed by atoms with Crippen LogP contribution in [0.25, 0.3) is 0 Å². The quantitative estimate of drug-likeness (QED) is 0.405. The normalized spacial score (nSPS) is 12.2. The molecule has 0 radical (unpaired) electrons. The van der Waals surface area contributed by atoms with E-state index in [1.165, 1.54) is 38.2 Å². The minimum absolute atomic E-state index is 0.0866. The standard InChI is InChI=1S/C28H33FN4O4S/c1-21-10-12-23(13-11-21)19-32(26(28(35)30-2)18-22-8-6-5-7-9-22)27(34)20-33(38(36,37)31(3)4)25-16-14-24(29)15-17-25/h5-17,26H,18-20H2,1-4H3,(H,30,35)/t26-/m1/s1. The molecule has 3 aromatic rings. The first kappa shape index (κ1) is 28.8. The summed E-state index contributed by atoms with van der Waals surface area (Å²) < 4.78 is 42.0. The van der Waals surface area contributed by atoms with E-state index in [-0.39, 0.29) is 24.6 Å². The Kier molecular flexibility index (Phi) is 9.60. The Morgan fingerprint density at radius 2 is 1.50 bits per heavy atom. The van der Waals surface area contributed by atoms with Crippen molar-refractivity contribution >= 4 is 27.7 Å². The highest BCUT2D eigenvalue weighted by atomic mass is 32.2. The lowest BCUT2D eigenvalue weighted by atomic mass is 10.0. The Labute approximate surface area is 223 Å². The average Bonchev–Trinajstić information content (AvgIpc) is 2.90. The van der Waals surface area contributed by atoms with Gasteiger partial charge < -0.3 is 10.2 Å². The Bertz CT molecular complexity index is 1330. The van der Waals surface area contributed by atoms with Crippen LogP contribution in [0.2, 0.25) is 0 Å². The fourth-order valence-electron chi connectivity index (χ4n) is 3.93. The zero-order valence-electron chi connectivity index (χ0n) is 22.0. The van der Waals surface area contributed by atoms with E-state index in [1.54, 1.807) is 0 Å². The molecule has 38 heavy (non-hydrogen) atoms. The second kappa shape index (κ2) is 12.7. The van der Waals surface area contributed by atoms with Crippen LogP contribution in [-0.2, 0) is 32.8 Å². The Morgan fingerprint density at radius 3 is 2.05 bits per heavy atom. The zero-order valence-corrected chi connectivity index (χ0v) is 22.8. The van der Waals surface area contributed by atoms with Gasteiger partial charge in [-0.05, 0) is 42.3 Å². The van der Waals surface area contributed by atoms with E-state index >= 15 is 0 Å². The number of nitrogens with zero attached hydrogens (tertiary/aromatic N) is 3. The number of amides is 2. The van der Waals surface area contributed by atoms with Crippen molar-refractivity contribution in [3.05, 3.63) is 101 Å². The molecule has 3 aromatic carbocycles. The fraction of sp³-hybridized carbons (Fsp3) is 0.286. The molecule has 0 unspecified atom stereocenters. The average molecular weight is 541 g/mol. The fourth-order valence-corrected chi connectivity index (χ4v) is 4.99. The lowest BCUT2D eigenvalue weighted by Gasteiger charge is -2.34. The van der Waals surface area contributed by atoms with E-state index in [4.69, 9.17) is 0 Å². The minimum Gasteiger partial charge on any atom is -0.357 e. The highest BCUT2D eigenvalue weighted by Gasteiger charge is 2.34. The minimum atomic E-state index is -4.13. The molecule has 0 saturated carbocycles. The van der Waals surface area contributed by atoms with Crippen LogP contribution in [0.3, 0.4) is 0 Å². The van der Waals surface area contributed by atoms with Crippen molar-refractivity contribution in [2.45, 2.75) is 25.9 Å². The Morgan fingerprint density at radius 1 is 0.895 bits per heavy atom. The van der Waals surface area contributed by atoms with Gasteiger partial charge in [0.15, 0.2) is 0 Å². The summed E-state index contributed by atoms with van der Waals surface area (Å²) in [5.74, 6) is -1.49. The third-order valence-corrected chi connectivity index (χ3v) is 7.94. The first-order valence-corrected chi connectivity index (χ1v) is 13.5. The number of carbonyl (C=O) groups is 2. The first-order chi connectivity index (χ1) is 18.0. The van der Waals surface area contributed by atoms with Crippen molar-refractivity contribution in [2.24, 2.45) is 0 Å². The number of anilines is 1. The van der Waals surface area contributed by atoms with Gasteiger partial charge in [0, 0.05) is 34.1 Å². The van der Waals surface area contributed by atoms with Crippen LogP contribution in [0.15, 0.2) is 78.9 Å². The van der Waals surface area contributed by atoms with Crippen molar-refractivity contribution in [3.63, 3.8) is 0 Å². The predicted octanol–water partition coefficient (Wildman–Crippen LogP) is 3.13. The largest absolute Gasteiger partial charge is 0.357 e. The number of likely N-dealkylation sites (N-methyl/N-ethyl adjacent to an activating group) is 1. The SMILES string of the molecule is CNC(=O)[C@@H](Cc1ccccc1)N(Cc1ccc(C)cc1)C(=O)CN(c1ccc(F)cc1)S(=O)(=O)N(C)C. The lowest BCUT2D eigenvalue weighted by molar-refractivity contribution is -0.139. The highest BCUT2D eigenvalue weighted by molar-refractivity contribution is 7.90. The van der Waals surface area contributed by atoms with E-state index < -0.39 is 34.5 Å². The summed E-state index contributed by atoms with van der Waals surface area (Å²) in [6.45, 7) is 1.45. The van der Waals surface area contributed by atoms with Crippen molar-refractivity contribution in [3.8, 4) is 0 Å². The maximum absolute atomic E-state index is 13.9. The molecule has 0 heterocycles. The number of benzene rings is 3. The molecule has 0 fully saturated rings. The summed E-state index contributed by atoms with van der Waals surface area (Å²) in [5, 5.41) is 2.64. The molecule has 0 aliphatic heterocycles. The molecular formula is C28H33FN4O4S. The monoisotopic (exact) mass is 540 g/mol. The van der Waals surface area contributed by atoms with Crippen LogP contribution < -0.4 is 9.62 Å². The van der Waals surface area contributed by atoms with Gasteiger partial charge in [0.05, 0.1) is 5.69 Å². The van der Waals surface area contributed by atoms with Crippen LogP contribution in [0.5, 0.6) is 0 Å². The number of halogens is 1. The molecule has 10 heteroatoms. The molecule has 3 rings (SSSR count). The Hall–Kier alpha value is -3.76. The lowest BCUT2D eigenvalue weighted by Crippen LogP contribution is -2.53. The van der Waals surface area contributed by atoms with Crippen molar-refractivity contribution in [2.75, 3.05) is 32.0 Å². The van der Waals surface area contributed by atoms with Gasteiger partial charge in [-0.2, -0.15) is 12.7 Å². The number of rotatable bonds is 11. The van der Waals surface area contributed by atoms with Crippen molar-refractivity contribution in [1.82, 2.24) is 14.5 Å². The van der Waals surface area contributed by atoms with Gasteiger partial charge in [-0.1, -0.05) is 60.2 Å². The molecule has 202 valence electrons. The van der Waals surface area contributed by atoms with Crippen LogP contribution in [0, 0.1) is 12.7 Å². The van der Waals surface area contributed by atoms with E-state index in [1.807, 2.05) is 61.5 Å². The molecule has 0 bridgehead atoms. The van der Waals surface area contributed by atoms with Gasteiger partial charge >= 0.3 is 10.2 Å². The molecule has 8 nitrogen and oxygen atoms in total. The second-order valence-corrected chi connectivity index (χ2v) is 11.2. The van der Waals surface area contributed by atoms with E-state index in [0.29, 0.717) is 0 Å². The van der Waals surface area contributed by atoms with E-state index in [0.717, 1.165) is 37.4 Å². The summed E-state index contributed by atoms with van der Waals surface area (Å²) in [6, 6.07) is 20.8. The van der Waals surface area contributed by atoms with Gasteiger partial charge in [-0.25, -0.2) is 8.70 Å². The summed E-state index contributed by atoms with van der Waals surface area (Å²) in [6.07, 6.45) is 0.231. The summed E-state index contributed by atoms with van der Waals surface area (Å²) in [7, 11) is 0.0707. The van der Waals surface area contributed by atoms with Gasteiger partial charge in [0.1, 0.15) is 18.4 Å². The summed E-state index contributed by atoms with van der Waals surface area (Å²) in [5.41, 5.74) is 2.80. The number of nitrogens with one attached hydrogen (secondary N) is 1. The van der Waals surface area contributed by atoms with E-state index in [9.17, 15) is 22.4 Å². The smallest absolute Gasteiger partial charge is 0.304 e. The second-order valence-electron chi connectivity index (χ2n) is 9.10. The third-order valence-electron chi connectivity index (χ3n) is 6.12. The highest BCUT2D eigenvalue weighted by Crippen LogP contribution is 2.22. The van der Waals surface area contributed by atoms with Gasteiger partial charge in [-0.15, -0.1) is 0 Å². The molecule has 0 aliphatic carbocycles. The van der Waals surface area contributed by atoms with Gasteiger partial charge in [0.25, 0.3) is 0 Å². The first-order valence-electron chi connectivity index (χ1n) is 12.1. The molecule has 2 amide bonds. The van der Waals surface area contributed by atoms with Crippen LogP contribution in [0.1, 0.15) is 16.7 Å². The van der Waals surface area contributed by atoms with Gasteiger partial charge in [0.2, 0.25) is 11.8 Å². The molecular weight excluding hydrogens is 507 g/mol. The topological polar surface area (TPSA) is 90.0 Å². The van der Waals surface area contributed by atoms with Crippen LogP contribution in [-0.4, -0.2) is 63.2 Å². The predicted molar refractivity (Wildman–Crippen MR) is 146 cm³/mol. The number of hydrogen-bond donors (Lipinski definition) is 1. The third kappa shape index (κ3) is 7.17. The maximum Gasteiger partial charge on any atom is 0.304 e. The number of hydrogen-bond acceptors (Lipinski definition) is 4. The molecule has 0 aromatic heterocycles. The van der Waals surface area contributed by atoms with Crippen molar-refractivity contribution < 1.29 is 22.4 Å². The number of aryl methyl sites for hydroxylation is 1. The molecule has 0 saturated heterocycles.